The van der Waals surface area contributed by atoms with Crippen LogP contribution in [0.2, 0.25) is 0 Å². The number of fused-ring (bicyclic) bond motifs is 2. The van der Waals surface area contributed by atoms with E-state index in [1.807, 2.05) is 32.0 Å². The van der Waals surface area contributed by atoms with Gasteiger partial charge in [0.05, 0.1) is 17.3 Å². The number of ether oxygens (including phenoxy) is 3. The molecule has 0 aliphatic carbocycles. The van der Waals surface area contributed by atoms with Gasteiger partial charge in [0.25, 0.3) is 5.91 Å². The lowest BCUT2D eigenvalue weighted by Gasteiger charge is -2.05. The molecule has 0 saturated heterocycles. The zero-order valence-corrected chi connectivity index (χ0v) is 17.6. The smallest absolute Gasteiger partial charge is 0.325 e. The average Bonchev–Trinajstić information content (AvgIpc) is 3.31. The first-order valence-corrected chi connectivity index (χ1v) is 10.1. The third-order valence-corrected chi connectivity index (χ3v) is 5.88. The van der Waals surface area contributed by atoms with Crippen LogP contribution in [0.4, 0.5) is 0 Å². The van der Waals surface area contributed by atoms with E-state index in [0.29, 0.717) is 16.3 Å². The molecule has 1 aromatic heterocycles. The second-order valence-corrected chi connectivity index (χ2v) is 7.86. The van der Waals surface area contributed by atoms with E-state index in [2.05, 4.69) is 4.99 Å². The van der Waals surface area contributed by atoms with E-state index >= 15 is 0 Å². The number of thiazole rings is 1. The molecule has 7 nitrogen and oxygen atoms in total. The number of carbonyl (C=O) groups excluding carboxylic acids is 2. The fraction of sp³-hybridized carbons (Fsp3) is 0.227. The summed E-state index contributed by atoms with van der Waals surface area (Å²) in [6.45, 7) is 4.21. The van der Waals surface area contributed by atoms with E-state index in [1.165, 1.54) is 24.5 Å². The van der Waals surface area contributed by atoms with E-state index in [9.17, 15) is 9.59 Å². The number of methoxy groups -OCH3 is 1. The molecule has 0 radical (unpaired) electrons. The standard InChI is InChI=1S/C22H20N2O5S/c1-13-8-16-19(9-14(13)2)30-22(24(16)11-21(26)27-3)23-20(25)7-5-15-4-6-17-18(10-15)29-12-28-17/h4-10H,11-12H2,1-3H3. The molecule has 8 heteroatoms. The van der Waals surface area contributed by atoms with Crippen molar-refractivity contribution in [2.24, 2.45) is 4.99 Å². The molecule has 2 heterocycles. The van der Waals surface area contributed by atoms with Gasteiger partial charge in [0.1, 0.15) is 6.54 Å². The largest absolute Gasteiger partial charge is 0.468 e. The molecule has 0 N–H and O–H groups in total. The van der Waals surface area contributed by atoms with Crippen LogP contribution >= 0.6 is 11.3 Å². The molecule has 2 aromatic carbocycles. The highest BCUT2D eigenvalue weighted by atomic mass is 32.1. The van der Waals surface area contributed by atoms with Crippen molar-refractivity contribution in [3.63, 3.8) is 0 Å². The predicted molar refractivity (Wildman–Crippen MR) is 113 cm³/mol. The summed E-state index contributed by atoms with van der Waals surface area (Å²) in [5.74, 6) is 0.500. The van der Waals surface area contributed by atoms with Gasteiger partial charge in [-0.1, -0.05) is 17.4 Å². The van der Waals surface area contributed by atoms with Crippen LogP contribution in [-0.2, 0) is 20.9 Å². The molecule has 30 heavy (non-hydrogen) atoms. The number of amides is 1. The molecule has 0 atom stereocenters. The molecule has 154 valence electrons. The minimum absolute atomic E-state index is 0.0169. The monoisotopic (exact) mass is 424 g/mol. The number of hydrogen-bond acceptors (Lipinski definition) is 6. The second-order valence-electron chi connectivity index (χ2n) is 6.85. The van der Waals surface area contributed by atoms with Gasteiger partial charge in [-0.3, -0.25) is 9.59 Å². The molecule has 0 spiro atoms. The molecular formula is C22H20N2O5S. The van der Waals surface area contributed by atoms with E-state index in [0.717, 1.165) is 26.9 Å². The van der Waals surface area contributed by atoms with Crippen molar-refractivity contribution in [3.05, 3.63) is 57.9 Å². The number of nitrogens with zero attached hydrogens (tertiary/aromatic N) is 2. The Balaban J connectivity index is 1.69. The summed E-state index contributed by atoms with van der Waals surface area (Å²) in [6, 6.07) is 9.46. The Labute approximate surface area is 176 Å². The van der Waals surface area contributed by atoms with E-state index < -0.39 is 11.9 Å². The molecule has 1 aliphatic rings. The number of aryl methyl sites for hydroxylation is 2. The molecule has 4 rings (SSSR count). The normalized spacial score (nSPS) is 13.4. The maximum atomic E-state index is 12.5. The molecule has 3 aromatic rings. The lowest BCUT2D eigenvalue weighted by Crippen LogP contribution is -2.22. The van der Waals surface area contributed by atoms with Gasteiger partial charge in [-0.05, 0) is 60.9 Å². The number of esters is 1. The van der Waals surface area contributed by atoms with Crippen LogP contribution < -0.4 is 14.3 Å². The van der Waals surface area contributed by atoms with Crippen molar-refractivity contribution in [1.82, 2.24) is 4.57 Å². The Morgan fingerprint density at radius 1 is 1.17 bits per heavy atom. The summed E-state index contributed by atoms with van der Waals surface area (Å²) in [5, 5.41) is 0. The maximum Gasteiger partial charge on any atom is 0.325 e. The van der Waals surface area contributed by atoms with Crippen LogP contribution in [0.25, 0.3) is 16.3 Å². The van der Waals surface area contributed by atoms with Gasteiger partial charge in [-0.25, -0.2) is 0 Å². The van der Waals surface area contributed by atoms with Crippen LogP contribution in [0, 0.1) is 13.8 Å². The average molecular weight is 424 g/mol. The molecular weight excluding hydrogens is 404 g/mol. The Morgan fingerprint density at radius 2 is 1.93 bits per heavy atom. The lowest BCUT2D eigenvalue weighted by atomic mass is 10.1. The summed E-state index contributed by atoms with van der Waals surface area (Å²) < 4.78 is 18.1. The molecule has 0 fully saturated rings. The van der Waals surface area contributed by atoms with Gasteiger partial charge >= 0.3 is 5.97 Å². The van der Waals surface area contributed by atoms with Crippen LogP contribution in [-0.4, -0.2) is 30.3 Å². The highest BCUT2D eigenvalue weighted by molar-refractivity contribution is 7.16. The van der Waals surface area contributed by atoms with Gasteiger partial charge in [0.15, 0.2) is 16.3 Å². The molecule has 0 bridgehead atoms. The van der Waals surface area contributed by atoms with Gasteiger partial charge in [0.2, 0.25) is 6.79 Å². The summed E-state index contributed by atoms with van der Waals surface area (Å²) in [6.07, 6.45) is 3.06. The quantitative estimate of drug-likeness (QED) is 0.474. The summed E-state index contributed by atoms with van der Waals surface area (Å²) in [7, 11) is 1.34. The Bertz CT molecular complexity index is 1250. The Kier molecular flexibility index (Phi) is 5.41. The minimum atomic E-state index is -0.425. The van der Waals surface area contributed by atoms with Gasteiger partial charge in [0, 0.05) is 6.08 Å². The number of rotatable bonds is 4. The van der Waals surface area contributed by atoms with E-state index in [1.54, 1.807) is 22.8 Å². The first-order chi connectivity index (χ1) is 14.4. The molecule has 1 amide bonds. The fourth-order valence-corrected chi connectivity index (χ4v) is 4.18. The summed E-state index contributed by atoms with van der Waals surface area (Å²) in [5.41, 5.74) is 3.88. The van der Waals surface area contributed by atoms with Crippen molar-refractivity contribution < 1.29 is 23.8 Å². The first-order valence-electron chi connectivity index (χ1n) is 9.28. The van der Waals surface area contributed by atoms with Crippen molar-refractivity contribution >= 4 is 39.5 Å². The molecule has 0 saturated carbocycles. The Morgan fingerprint density at radius 3 is 2.73 bits per heavy atom. The van der Waals surface area contributed by atoms with Gasteiger partial charge < -0.3 is 18.8 Å². The van der Waals surface area contributed by atoms with E-state index in [4.69, 9.17) is 14.2 Å². The SMILES string of the molecule is COC(=O)Cn1c(=NC(=O)C=Cc2ccc3c(c2)OCO3)sc2cc(C)c(C)cc21. The van der Waals surface area contributed by atoms with E-state index in [-0.39, 0.29) is 13.3 Å². The van der Waals surface area contributed by atoms with Gasteiger partial charge in [-0.2, -0.15) is 4.99 Å². The van der Waals surface area contributed by atoms with Crippen molar-refractivity contribution in [2.75, 3.05) is 13.9 Å². The zero-order chi connectivity index (χ0) is 21.3. The fourth-order valence-electron chi connectivity index (χ4n) is 3.07. The van der Waals surface area contributed by atoms with Crippen LogP contribution in [0.3, 0.4) is 0 Å². The third-order valence-electron chi connectivity index (χ3n) is 4.83. The van der Waals surface area contributed by atoms with Crippen molar-refractivity contribution in [2.45, 2.75) is 20.4 Å². The highest BCUT2D eigenvalue weighted by Gasteiger charge is 2.14. The number of carbonyl (C=O) groups is 2. The van der Waals surface area contributed by atoms with Gasteiger partial charge in [-0.15, -0.1) is 0 Å². The van der Waals surface area contributed by atoms with Crippen LogP contribution in [0.5, 0.6) is 11.5 Å². The molecule has 1 aliphatic heterocycles. The lowest BCUT2D eigenvalue weighted by molar-refractivity contribution is -0.141. The first kappa shape index (κ1) is 19.9. The zero-order valence-electron chi connectivity index (χ0n) is 16.8. The number of aromatic nitrogens is 1. The van der Waals surface area contributed by atoms with Crippen LogP contribution in [0.1, 0.15) is 16.7 Å². The van der Waals surface area contributed by atoms with Crippen molar-refractivity contribution in [1.29, 1.82) is 0 Å². The topological polar surface area (TPSA) is 79.1 Å². The Hall–Kier alpha value is -3.39. The van der Waals surface area contributed by atoms with Crippen LogP contribution in [0.15, 0.2) is 41.4 Å². The highest BCUT2D eigenvalue weighted by Crippen LogP contribution is 2.32. The number of hydrogen-bond donors (Lipinski definition) is 0. The predicted octanol–water partition coefficient (Wildman–Crippen LogP) is 3.36. The minimum Gasteiger partial charge on any atom is -0.468 e. The second kappa shape index (κ2) is 8.16. The number of benzene rings is 2. The summed E-state index contributed by atoms with van der Waals surface area (Å²) in [4.78, 5) is 29.1. The maximum absolute atomic E-state index is 12.5. The molecule has 0 unspecified atom stereocenters. The van der Waals surface area contributed by atoms with Crippen molar-refractivity contribution in [3.8, 4) is 11.5 Å². The third kappa shape index (κ3) is 3.99. The summed E-state index contributed by atoms with van der Waals surface area (Å²) >= 11 is 1.36.